The molecule has 0 saturated carbocycles. The molecule has 0 radical (unpaired) electrons. The minimum absolute atomic E-state index is 0.0171. The summed E-state index contributed by atoms with van der Waals surface area (Å²) in [6.45, 7) is 3.98. The Hall–Kier alpha value is -2.82. The normalized spacial score (nSPS) is 21.4. The van der Waals surface area contributed by atoms with Crippen molar-refractivity contribution in [2.75, 3.05) is 16.3 Å². The Kier molecular flexibility index (Phi) is 3.71. The highest BCUT2D eigenvalue weighted by molar-refractivity contribution is 6.05. The number of rotatable bonds is 1. The van der Waals surface area contributed by atoms with Crippen LogP contribution in [-0.4, -0.2) is 30.5 Å². The summed E-state index contributed by atoms with van der Waals surface area (Å²) >= 11 is 0. The zero-order chi connectivity index (χ0) is 17.6. The highest BCUT2D eigenvalue weighted by atomic mass is 16.5. The predicted molar refractivity (Wildman–Crippen MR) is 96.0 cm³/mol. The van der Waals surface area contributed by atoms with Gasteiger partial charge >= 0.3 is 0 Å². The van der Waals surface area contributed by atoms with Crippen molar-refractivity contribution in [3.05, 3.63) is 54.1 Å². The molecular weight excluding hydrogens is 316 g/mol. The lowest BCUT2D eigenvalue weighted by Crippen LogP contribution is -2.54. The van der Waals surface area contributed by atoms with E-state index in [0.717, 1.165) is 22.7 Å². The number of para-hydroxylation sites is 3. The number of amides is 2. The molecule has 4 rings (SSSR count). The zero-order valence-corrected chi connectivity index (χ0v) is 14.3. The SMILES string of the molecule is CC(=O)N1c2ccccc2N(C(=O)C2Cc3ccccc3O2)C[C@@H]1C. The van der Waals surface area contributed by atoms with Crippen molar-refractivity contribution in [3.63, 3.8) is 0 Å². The molecule has 5 nitrogen and oxygen atoms in total. The summed E-state index contributed by atoms with van der Waals surface area (Å²) < 4.78 is 5.87. The molecule has 2 aliphatic heterocycles. The molecule has 5 heteroatoms. The number of carbonyl (C=O) groups excluding carboxylic acids is 2. The van der Waals surface area contributed by atoms with Crippen LogP contribution < -0.4 is 14.5 Å². The van der Waals surface area contributed by atoms with Crippen LogP contribution in [0.5, 0.6) is 5.75 Å². The second kappa shape index (κ2) is 5.92. The van der Waals surface area contributed by atoms with Crippen molar-refractivity contribution in [1.82, 2.24) is 0 Å². The highest BCUT2D eigenvalue weighted by Gasteiger charge is 2.38. The number of ether oxygens (including phenoxy) is 1. The van der Waals surface area contributed by atoms with E-state index in [-0.39, 0.29) is 17.9 Å². The summed E-state index contributed by atoms with van der Waals surface area (Å²) in [6.07, 6.45) is 0.0694. The first-order valence-electron chi connectivity index (χ1n) is 8.51. The van der Waals surface area contributed by atoms with Crippen molar-refractivity contribution in [2.24, 2.45) is 0 Å². The zero-order valence-electron chi connectivity index (χ0n) is 14.3. The summed E-state index contributed by atoms with van der Waals surface area (Å²) in [4.78, 5) is 28.7. The van der Waals surface area contributed by atoms with Crippen molar-refractivity contribution < 1.29 is 14.3 Å². The summed E-state index contributed by atoms with van der Waals surface area (Å²) in [5.41, 5.74) is 2.60. The van der Waals surface area contributed by atoms with Crippen LogP contribution in [0.25, 0.3) is 0 Å². The van der Waals surface area contributed by atoms with Crippen molar-refractivity contribution in [2.45, 2.75) is 32.4 Å². The molecule has 0 bridgehead atoms. The molecule has 0 saturated heterocycles. The molecule has 2 heterocycles. The maximum Gasteiger partial charge on any atom is 0.268 e. The van der Waals surface area contributed by atoms with E-state index >= 15 is 0 Å². The molecule has 0 spiro atoms. The van der Waals surface area contributed by atoms with E-state index in [1.54, 1.807) is 16.7 Å². The number of nitrogens with zero attached hydrogens (tertiary/aromatic N) is 2. The monoisotopic (exact) mass is 336 g/mol. The number of carbonyl (C=O) groups is 2. The Balaban J connectivity index is 1.66. The maximum atomic E-state index is 13.2. The molecule has 0 N–H and O–H groups in total. The lowest BCUT2D eigenvalue weighted by molar-refractivity contribution is -0.125. The first kappa shape index (κ1) is 15.7. The molecule has 0 fully saturated rings. The van der Waals surface area contributed by atoms with Crippen LogP contribution in [0.3, 0.4) is 0 Å². The molecule has 25 heavy (non-hydrogen) atoms. The number of hydrogen-bond acceptors (Lipinski definition) is 3. The van der Waals surface area contributed by atoms with E-state index in [2.05, 4.69) is 0 Å². The van der Waals surface area contributed by atoms with Crippen molar-refractivity contribution in [3.8, 4) is 5.75 Å². The van der Waals surface area contributed by atoms with Gasteiger partial charge in [-0.15, -0.1) is 0 Å². The lowest BCUT2D eigenvalue weighted by Gasteiger charge is -2.41. The molecule has 1 unspecified atom stereocenters. The van der Waals surface area contributed by atoms with Crippen LogP contribution in [0.15, 0.2) is 48.5 Å². The first-order chi connectivity index (χ1) is 12.1. The van der Waals surface area contributed by atoms with Gasteiger partial charge in [0.15, 0.2) is 6.10 Å². The third kappa shape index (κ3) is 2.56. The van der Waals surface area contributed by atoms with Gasteiger partial charge in [-0.1, -0.05) is 30.3 Å². The van der Waals surface area contributed by atoms with E-state index in [4.69, 9.17) is 4.74 Å². The molecule has 2 aromatic carbocycles. The second-order valence-corrected chi connectivity index (χ2v) is 6.59. The van der Waals surface area contributed by atoms with Crippen molar-refractivity contribution in [1.29, 1.82) is 0 Å². The number of benzene rings is 2. The summed E-state index contributed by atoms with van der Waals surface area (Å²) in [6, 6.07) is 15.2. The smallest absolute Gasteiger partial charge is 0.268 e. The van der Waals surface area contributed by atoms with E-state index in [9.17, 15) is 9.59 Å². The first-order valence-corrected chi connectivity index (χ1v) is 8.51. The molecule has 2 aliphatic rings. The van der Waals surface area contributed by atoms with Crippen LogP contribution in [0, 0.1) is 0 Å². The molecule has 0 aliphatic carbocycles. The van der Waals surface area contributed by atoms with Gasteiger partial charge in [0, 0.05) is 19.9 Å². The van der Waals surface area contributed by atoms with E-state index < -0.39 is 6.10 Å². The number of hydrogen-bond donors (Lipinski definition) is 0. The average Bonchev–Trinajstić information content (AvgIpc) is 3.04. The summed E-state index contributed by atoms with van der Waals surface area (Å²) in [7, 11) is 0. The van der Waals surface area contributed by atoms with E-state index in [0.29, 0.717) is 13.0 Å². The van der Waals surface area contributed by atoms with E-state index in [1.165, 1.54) is 0 Å². The minimum Gasteiger partial charge on any atom is -0.480 e. The maximum absolute atomic E-state index is 13.2. The third-order valence-electron chi connectivity index (χ3n) is 4.85. The van der Waals surface area contributed by atoms with Crippen LogP contribution >= 0.6 is 0 Å². The Bertz CT molecular complexity index is 823. The van der Waals surface area contributed by atoms with Gasteiger partial charge in [-0.2, -0.15) is 0 Å². The van der Waals surface area contributed by atoms with Gasteiger partial charge in [-0.3, -0.25) is 9.59 Å². The van der Waals surface area contributed by atoms with E-state index in [1.807, 2.05) is 55.5 Å². The Morgan fingerprint density at radius 3 is 2.44 bits per heavy atom. The fraction of sp³-hybridized carbons (Fsp3) is 0.300. The second-order valence-electron chi connectivity index (χ2n) is 6.59. The Morgan fingerprint density at radius 2 is 1.72 bits per heavy atom. The van der Waals surface area contributed by atoms with Crippen LogP contribution in [0.1, 0.15) is 19.4 Å². The quantitative estimate of drug-likeness (QED) is 0.805. The average molecular weight is 336 g/mol. The topological polar surface area (TPSA) is 49.9 Å². The lowest BCUT2D eigenvalue weighted by atomic mass is 10.0. The minimum atomic E-state index is -0.512. The van der Waals surface area contributed by atoms with Crippen LogP contribution in [-0.2, 0) is 16.0 Å². The van der Waals surface area contributed by atoms with Gasteiger partial charge < -0.3 is 14.5 Å². The van der Waals surface area contributed by atoms with Gasteiger partial charge in [-0.05, 0) is 30.7 Å². The summed E-state index contributed by atoms with van der Waals surface area (Å²) in [5, 5.41) is 0. The molecule has 128 valence electrons. The van der Waals surface area contributed by atoms with Crippen LogP contribution in [0.2, 0.25) is 0 Å². The van der Waals surface area contributed by atoms with Gasteiger partial charge in [0.25, 0.3) is 5.91 Å². The van der Waals surface area contributed by atoms with Gasteiger partial charge in [0.2, 0.25) is 5.91 Å². The van der Waals surface area contributed by atoms with Gasteiger partial charge in [0.05, 0.1) is 17.4 Å². The van der Waals surface area contributed by atoms with Crippen molar-refractivity contribution >= 4 is 23.2 Å². The molecule has 2 aromatic rings. The molecule has 0 aromatic heterocycles. The summed E-state index contributed by atoms with van der Waals surface area (Å²) in [5.74, 6) is 0.708. The Morgan fingerprint density at radius 1 is 1.04 bits per heavy atom. The predicted octanol–water partition coefficient (Wildman–Crippen LogP) is 2.78. The third-order valence-corrected chi connectivity index (χ3v) is 4.85. The molecule has 2 atom stereocenters. The van der Waals surface area contributed by atoms with Gasteiger partial charge in [0.1, 0.15) is 5.75 Å². The fourth-order valence-corrected chi connectivity index (χ4v) is 3.76. The number of anilines is 2. The molecule has 2 amide bonds. The fourth-order valence-electron chi connectivity index (χ4n) is 3.76. The number of fused-ring (bicyclic) bond motifs is 2. The molecular formula is C20H20N2O3. The highest BCUT2D eigenvalue weighted by Crippen LogP contribution is 2.37. The Labute approximate surface area is 146 Å². The largest absolute Gasteiger partial charge is 0.480 e. The van der Waals surface area contributed by atoms with Crippen LogP contribution in [0.4, 0.5) is 11.4 Å². The van der Waals surface area contributed by atoms with Gasteiger partial charge in [-0.25, -0.2) is 0 Å². The standard InChI is InChI=1S/C20H20N2O3/c1-13-12-21(16-8-4-5-9-17(16)22(13)14(2)23)20(24)19-11-15-7-3-6-10-18(15)25-19/h3-10,13,19H,11-12H2,1-2H3/t13-,19?/m0/s1.